The predicted octanol–water partition coefficient (Wildman–Crippen LogP) is 0.606. The van der Waals surface area contributed by atoms with Crippen LogP contribution in [0, 0.1) is 5.82 Å². The first-order chi connectivity index (χ1) is 10.2. The zero-order chi connectivity index (χ0) is 15.1. The molecule has 5 nitrogen and oxygen atoms in total. The zero-order valence-electron chi connectivity index (χ0n) is 11.9. The third-order valence-electron chi connectivity index (χ3n) is 3.64. The van der Waals surface area contributed by atoms with E-state index in [0.29, 0.717) is 31.6 Å². The first kappa shape index (κ1) is 15.4. The van der Waals surface area contributed by atoms with Gasteiger partial charge in [0.25, 0.3) is 0 Å². The molecule has 1 saturated heterocycles. The number of amides is 2. The van der Waals surface area contributed by atoms with Crippen LogP contribution >= 0.6 is 0 Å². The maximum atomic E-state index is 13.4. The van der Waals surface area contributed by atoms with Crippen molar-refractivity contribution in [1.29, 1.82) is 0 Å². The predicted molar refractivity (Wildman–Crippen MR) is 76.9 cm³/mol. The summed E-state index contributed by atoms with van der Waals surface area (Å²) in [7, 11) is 0. The Morgan fingerprint density at radius 1 is 1.24 bits per heavy atom. The highest BCUT2D eigenvalue weighted by atomic mass is 19.1. The smallest absolute Gasteiger partial charge is 0.221 e. The van der Waals surface area contributed by atoms with Crippen LogP contribution in [0.25, 0.3) is 0 Å². The SMILES string of the molecule is O=CN1CCN(CCC(=O)NCc2ccccc2F)CC1. The summed E-state index contributed by atoms with van der Waals surface area (Å²) in [5.41, 5.74) is 0.491. The topological polar surface area (TPSA) is 52.7 Å². The van der Waals surface area contributed by atoms with Gasteiger partial charge in [-0.1, -0.05) is 18.2 Å². The molecule has 6 heteroatoms. The Labute approximate surface area is 123 Å². The number of carbonyl (C=O) groups is 2. The van der Waals surface area contributed by atoms with Crippen LogP contribution in [0.3, 0.4) is 0 Å². The lowest BCUT2D eigenvalue weighted by atomic mass is 10.2. The first-order valence-corrected chi connectivity index (χ1v) is 7.11. The molecule has 1 fully saturated rings. The Morgan fingerprint density at radius 3 is 2.62 bits per heavy atom. The van der Waals surface area contributed by atoms with E-state index in [4.69, 9.17) is 0 Å². The highest BCUT2D eigenvalue weighted by Crippen LogP contribution is 2.06. The van der Waals surface area contributed by atoms with Crippen molar-refractivity contribution in [3.05, 3.63) is 35.6 Å². The summed E-state index contributed by atoms with van der Waals surface area (Å²) in [4.78, 5) is 26.2. The quantitative estimate of drug-likeness (QED) is 0.782. The summed E-state index contributed by atoms with van der Waals surface area (Å²) in [5, 5.41) is 2.73. The minimum atomic E-state index is -0.303. The highest BCUT2D eigenvalue weighted by Gasteiger charge is 2.15. The van der Waals surface area contributed by atoms with Crippen molar-refractivity contribution in [1.82, 2.24) is 15.1 Å². The van der Waals surface area contributed by atoms with Crippen LogP contribution in [0.15, 0.2) is 24.3 Å². The molecule has 1 N–H and O–H groups in total. The molecule has 0 saturated carbocycles. The minimum Gasteiger partial charge on any atom is -0.352 e. The van der Waals surface area contributed by atoms with E-state index in [1.54, 1.807) is 23.1 Å². The second-order valence-electron chi connectivity index (χ2n) is 5.10. The Bertz CT molecular complexity index is 488. The van der Waals surface area contributed by atoms with Gasteiger partial charge in [0.05, 0.1) is 0 Å². The van der Waals surface area contributed by atoms with E-state index in [9.17, 15) is 14.0 Å². The summed E-state index contributed by atoms with van der Waals surface area (Å²) in [6, 6.07) is 6.42. The van der Waals surface area contributed by atoms with E-state index >= 15 is 0 Å². The van der Waals surface area contributed by atoms with Crippen LogP contribution in [0.1, 0.15) is 12.0 Å². The van der Waals surface area contributed by atoms with E-state index in [0.717, 1.165) is 19.5 Å². The molecule has 1 aliphatic heterocycles. The summed E-state index contributed by atoms with van der Waals surface area (Å²) in [6.45, 7) is 3.87. The third kappa shape index (κ3) is 4.82. The maximum absolute atomic E-state index is 13.4. The number of rotatable bonds is 6. The van der Waals surface area contributed by atoms with Gasteiger partial charge in [-0.15, -0.1) is 0 Å². The summed E-state index contributed by atoms with van der Waals surface area (Å²) in [6.07, 6.45) is 1.24. The van der Waals surface area contributed by atoms with Gasteiger partial charge in [-0.2, -0.15) is 0 Å². The molecule has 2 rings (SSSR count). The molecule has 0 radical (unpaired) electrons. The lowest BCUT2D eigenvalue weighted by Crippen LogP contribution is -2.46. The van der Waals surface area contributed by atoms with Crippen LogP contribution in [-0.4, -0.2) is 54.8 Å². The average molecular weight is 293 g/mol. The van der Waals surface area contributed by atoms with E-state index in [2.05, 4.69) is 10.2 Å². The van der Waals surface area contributed by atoms with Gasteiger partial charge < -0.3 is 10.2 Å². The number of carbonyl (C=O) groups excluding carboxylic acids is 2. The van der Waals surface area contributed by atoms with Gasteiger partial charge >= 0.3 is 0 Å². The molecule has 0 aromatic heterocycles. The number of nitrogens with one attached hydrogen (secondary N) is 1. The van der Waals surface area contributed by atoms with Gasteiger partial charge in [-0.3, -0.25) is 14.5 Å². The van der Waals surface area contributed by atoms with Crippen LogP contribution < -0.4 is 5.32 Å². The molecule has 21 heavy (non-hydrogen) atoms. The molecular formula is C15H20FN3O2. The van der Waals surface area contributed by atoms with Crippen molar-refractivity contribution < 1.29 is 14.0 Å². The Kier molecular flexibility index (Phi) is 5.68. The molecule has 1 heterocycles. The molecule has 1 aromatic rings. The number of benzene rings is 1. The van der Waals surface area contributed by atoms with Gasteiger partial charge in [-0.05, 0) is 6.07 Å². The van der Waals surface area contributed by atoms with Crippen molar-refractivity contribution in [2.75, 3.05) is 32.7 Å². The molecule has 114 valence electrons. The fourth-order valence-electron chi connectivity index (χ4n) is 2.28. The maximum Gasteiger partial charge on any atom is 0.221 e. The second kappa shape index (κ2) is 7.73. The molecule has 1 aliphatic rings. The lowest BCUT2D eigenvalue weighted by Gasteiger charge is -2.32. The van der Waals surface area contributed by atoms with Gasteiger partial charge in [0.15, 0.2) is 0 Å². The Morgan fingerprint density at radius 2 is 1.95 bits per heavy atom. The summed E-state index contributed by atoms with van der Waals surface area (Å²) < 4.78 is 13.4. The van der Waals surface area contributed by atoms with E-state index in [1.807, 2.05) is 0 Å². The van der Waals surface area contributed by atoms with Crippen molar-refractivity contribution in [3.63, 3.8) is 0 Å². The van der Waals surface area contributed by atoms with Gasteiger partial charge in [0.1, 0.15) is 5.82 Å². The molecule has 0 unspecified atom stereocenters. The number of nitrogens with zero attached hydrogens (tertiary/aromatic N) is 2. The fraction of sp³-hybridized carbons (Fsp3) is 0.467. The highest BCUT2D eigenvalue weighted by molar-refractivity contribution is 5.76. The number of hydrogen-bond donors (Lipinski definition) is 1. The summed E-state index contributed by atoms with van der Waals surface area (Å²) >= 11 is 0. The van der Waals surface area contributed by atoms with Crippen LogP contribution in [0.5, 0.6) is 0 Å². The van der Waals surface area contributed by atoms with Crippen molar-refractivity contribution in [3.8, 4) is 0 Å². The van der Waals surface area contributed by atoms with Crippen molar-refractivity contribution in [2.24, 2.45) is 0 Å². The average Bonchev–Trinajstić information content (AvgIpc) is 2.52. The monoisotopic (exact) mass is 293 g/mol. The van der Waals surface area contributed by atoms with E-state index in [1.165, 1.54) is 6.07 Å². The fourth-order valence-corrected chi connectivity index (χ4v) is 2.28. The van der Waals surface area contributed by atoms with E-state index in [-0.39, 0.29) is 18.3 Å². The molecule has 0 bridgehead atoms. The Balaban J connectivity index is 1.66. The zero-order valence-corrected chi connectivity index (χ0v) is 11.9. The summed E-state index contributed by atoms with van der Waals surface area (Å²) in [5.74, 6) is -0.390. The van der Waals surface area contributed by atoms with E-state index < -0.39 is 0 Å². The van der Waals surface area contributed by atoms with Crippen LogP contribution in [0.4, 0.5) is 4.39 Å². The van der Waals surface area contributed by atoms with Gasteiger partial charge in [0.2, 0.25) is 12.3 Å². The molecule has 1 aromatic carbocycles. The lowest BCUT2D eigenvalue weighted by molar-refractivity contribution is -0.123. The molecule has 0 spiro atoms. The van der Waals surface area contributed by atoms with Gasteiger partial charge in [-0.25, -0.2) is 4.39 Å². The number of halogens is 1. The standard InChI is InChI=1S/C15H20FN3O2/c16-14-4-2-1-3-13(14)11-17-15(21)5-6-18-7-9-19(12-20)10-8-18/h1-4,12H,5-11H2,(H,17,21). The molecule has 2 amide bonds. The van der Waals surface area contributed by atoms with Gasteiger partial charge in [0, 0.05) is 51.3 Å². The van der Waals surface area contributed by atoms with Crippen LogP contribution in [0.2, 0.25) is 0 Å². The minimum absolute atomic E-state index is 0.0870. The number of piperazine rings is 1. The largest absolute Gasteiger partial charge is 0.352 e. The normalized spacial score (nSPS) is 15.8. The Hall–Kier alpha value is -1.95. The number of hydrogen-bond acceptors (Lipinski definition) is 3. The van der Waals surface area contributed by atoms with Crippen molar-refractivity contribution in [2.45, 2.75) is 13.0 Å². The second-order valence-corrected chi connectivity index (χ2v) is 5.10. The first-order valence-electron chi connectivity index (χ1n) is 7.11. The molecule has 0 atom stereocenters. The third-order valence-corrected chi connectivity index (χ3v) is 3.64. The molecule has 0 aliphatic carbocycles. The van der Waals surface area contributed by atoms with Crippen LogP contribution in [-0.2, 0) is 16.1 Å². The molecular weight excluding hydrogens is 273 g/mol. The van der Waals surface area contributed by atoms with Crippen molar-refractivity contribution >= 4 is 12.3 Å².